The molecule has 0 aromatic rings. The number of hydrogen-bond acceptors (Lipinski definition) is 2. The van der Waals surface area contributed by atoms with Crippen LogP contribution in [0.5, 0.6) is 0 Å². The van der Waals surface area contributed by atoms with Gasteiger partial charge in [0, 0.05) is 30.1 Å². The van der Waals surface area contributed by atoms with Crippen LogP contribution in [0.25, 0.3) is 0 Å². The van der Waals surface area contributed by atoms with E-state index >= 15 is 0 Å². The molecule has 0 spiro atoms. The fourth-order valence-corrected chi connectivity index (χ4v) is 3.86. The van der Waals surface area contributed by atoms with Gasteiger partial charge in [-0.05, 0) is 42.7 Å². The number of fused-ring (bicyclic) bond motifs is 3. The Morgan fingerprint density at radius 2 is 2.18 bits per heavy atom. The molecule has 17 heavy (non-hydrogen) atoms. The quantitative estimate of drug-likeness (QED) is 0.667. The van der Waals surface area contributed by atoms with Crippen LogP contribution in [-0.4, -0.2) is 23.0 Å². The van der Waals surface area contributed by atoms with Gasteiger partial charge in [0.15, 0.2) is 0 Å². The first kappa shape index (κ1) is 11.6. The zero-order chi connectivity index (χ0) is 12.0. The van der Waals surface area contributed by atoms with Crippen LogP contribution >= 0.6 is 11.8 Å². The number of nitrogens with zero attached hydrogens (tertiary/aromatic N) is 1. The smallest absolute Gasteiger partial charge is 0.0593 e. The summed E-state index contributed by atoms with van der Waals surface area (Å²) in [6.45, 7) is 5.54. The standard InChI is InChI=1S/C14H21ClN2/c1-9-6-11-7-17(15)8-13(11)14-12(9)5-3-4-10(2)16-14/h6,8-10,12,14,16H,3-5,7H2,1-2H3/t9?,10?,12?,14-/m0/s1. The molecule has 0 aromatic carbocycles. The number of nitrogens with one attached hydrogen (secondary N) is 1. The molecule has 2 heterocycles. The minimum Gasteiger partial charge on any atom is -0.307 e. The van der Waals surface area contributed by atoms with E-state index in [0.29, 0.717) is 18.0 Å². The van der Waals surface area contributed by atoms with Crippen molar-refractivity contribution in [2.45, 2.75) is 45.2 Å². The Kier molecular flexibility index (Phi) is 2.95. The van der Waals surface area contributed by atoms with Crippen molar-refractivity contribution < 1.29 is 0 Å². The molecule has 3 unspecified atom stereocenters. The minimum absolute atomic E-state index is 0.520. The average Bonchev–Trinajstić information content (AvgIpc) is 2.51. The molecule has 2 nitrogen and oxygen atoms in total. The molecule has 3 heteroatoms. The van der Waals surface area contributed by atoms with E-state index in [4.69, 9.17) is 11.8 Å². The molecule has 0 bridgehead atoms. The highest BCUT2D eigenvalue weighted by Gasteiger charge is 2.38. The Balaban J connectivity index is 1.95. The van der Waals surface area contributed by atoms with Crippen LogP contribution in [0.4, 0.5) is 0 Å². The van der Waals surface area contributed by atoms with Crippen LogP contribution in [0.15, 0.2) is 23.4 Å². The molecule has 1 aliphatic carbocycles. The summed E-state index contributed by atoms with van der Waals surface area (Å²) >= 11 is 6.13. The van der Waals surface area contributed by atoms with Crippen LogP contribution < -0.4 is 5.32 Å². The Morgan fingerprint density at radius 3 is 3.00 bits per heavy atom. The van der Waals surface area contributed by atoms with E-state index in [0.717, 1.165) is 12.5 Å². The Bertz CT molecular complexity index is 374. The Hall–Kier alpha value is -0.470. The van der Waals surface area contributed by atoms with Crippen molar-refractivity contribution in [2.75, 3.05) is 6.54 Å². The SMILES string of the molecule is CC1CCCC2C(C)C=C3CN(Cl)C=C3[C@H]2N1. The predicted octanol–water partition coefficient (Wildman–Crippen LogP) is 3.06. The maximum Gasteiger partial charge on any atom is 0.0593 e. The fourth-order valence-electron chi connectivity index (χ4n) is 3.63. The summed E-state index contributed by atoms with van der Waals surface area (Å²) in [5, 5.41) is 3.81. The van der Waals surface area contributed by atoms with Gasteiger partial charge in [0.05, 0.1) is 6.54 Å². The van der Waals surface area contributed by atoms with E-state index in [1.807, 2.05) is 0 Å². The van der Waals surface area contributed by atoms with Crippen molar-refractivity contribution in [1.82, 2.24) is 9.74 Å². The van der Waals surface area contributed by atoms with Crippen LogP contribution in [-0.2, 0) is 0 Å². The molecule has 0 aromatic heterocycles. The van der Waals surface area contributed by atoms with Crippen molar-refractivity contribution in [3.8, 4) is 0 Å². The number of allylic oxidation sites excluding steroid dienone is 1. The molecule has 94 valence electrons. The molecule has 0 amide bonds. The van der Waals surface area contributed by atoms with E-state index in [9.17, 15) is 0 Å². The highest BCUT2D eigenvalue weighted by molar-refractivity contribution is 6.14. The second kappa shape index (κ2) is 4.33. The third-order valence-electron chi connectivity index (χ3n) is 4.51. The molecule has 1 fully saturated rings. The molecule has 3 aliphatic rings. The lowest BCUT2D eigenvalue weighted by Gasteiger charge is -2.36. The summed E-state index contributed by atoms with van der Waals surface area (Å²) < 4.78 is 1.80. The minimum atomic E-state index is 0.520. The second-order valence-electron chi connectivity index (χ2n) is 5.83. The van der Waals surface area contributed by atoms with Crippen LogP contribution in [0.1, 0.15) is 33.1 Å². The first-order chi connectivity index (χ1) is 8.15. The molecular weight excluding hydrogens is 232 g/mol. The van der Waals surface area contributed by atoms with Gasteiger partial charge >= 0.3 is 0 Å². The highest BCUT2D eigenvalue weighted by atomic mass is 35.5. The van der Waals surface area contributed by atoms with Gasteiger partial charge in [0.1, 0.15) is 0 Å². The molecule has 0 saturated carbocycles. The maximum absolute atomic E-state index is 6.13. The van der Waals surface area contributed by atoms with Gasteiger partial charge in [-0.2, -0.15) is 0 Å². The van der Waals surface area contributed by atoms with Gasteiger partial charge < -0.3 is 5.32 Å². The number of halogens is 1. The van der Waals surface area contributed by atoms with Crippen LogP contribution in [0.2, 0.25) is 0 Å². The molecule has 3 rings (SSSR count). The molecule has 1 saturated heterocycles. The lowest BCUT2D eigenvalue weighted by molar-refractivity contribution is 0.310. The monoisotopic (exact) mass is 252 g/mol. The van der Waals surface area contributed by atoms with Gasteiger partial charge in [-0.1, -0.05) is 19.4 Å². The van der Waals surface area contributed by atoms with Crippen molar-refractivity contribution in [1.29, 1.82) is 0 Å². The molecule has 1 N–H and O–H groups in total. The van der Waals surface area contributed by atoms with Gasteiger partial charge in [0.25, 0.3) is 0 Å². The van der Waals surface area contributed by atoms with Gasteiger partial charge in [-0.15, -0.1) is 0 Å². The largest absolute Gasteiger partial charge is 0.307 e. The van der Waals surface area contributed by atoms with Crippen molar-refractivity contribution in [3.63, 3.8) is 0 Å². The summed E-state index contributed by atoms with van der Waals surface area (Å²) in [7, 11) is 0. The van der Waals surface area contributed by atoms with Crippen LogP contribution in [0.3, 0.4) is 0 Å². The zero-order valence-electron chi connectivity index (χ0n) is 10.6. The van der Waals surface area contributed by atoms with E-state index in [1.54, 1.807) is 4.42 Å². The summed E-state index contributed by atoms with van der Waals surface area (Å²) in [5.41, 5.74) is 2.88. The lowest BCUT2D eigenvalue weighted by Crippen LogP contribution is -2.44. The van der Waals surface area contributed by atoms with E-state index < -0.39 is 0 Å². The van der Waals surface area contributed by atoms with E-state index in [2.05, 4.69) is 31.4 Å². The fraction of sp³-hybridized carbons (Fsp3) is 0.714. The lowest BCUT2D eigenvalue weighted by atomic mass is 9.74. The predicted molar refractivity (Wildman–Crippen MR) is 71.6 cm³/mol. The third kappa shape index (κ3) is 2.02. The summed E-state index contributed by atoms with van der Waals surface area (Å²) in [6.07, 6.45) is 8.55. The van der Waals surface area contributed by atoms with E-state index in [1.165, 1.54) is 30.4 Å². The van der Waals surface area contributed by atoms with Crippen molar-refractivity contribution >= 4 is 11.8 Å². The third-order valence-corrected chi connectivity index (χ3v) is 4.73. The maximum atomic E-state index is 6.13. The number of hydrogen-bond donors (Lipinski definition) is 1. The highest BCUT2D eigenvalue weighted by Crippen LogP contribution is 2.41. The molecule has 0 radical (unpaired) electrons. The Morgan fingerprint density at radius 1 is 1.35 bits per heavy atom. The first-order valence-electron chi connectivity index (χ1n) is 6.76. The molecular formula is C14H21ClN2. The summed E-state index contributed by atoms with van der Waals surface area (Å²) in [5.74, 6) is 1.42. The molecule has 4 atom stereocenters. The summed E-state index contributed by atoms with van der Waals surface area (Å²) in [6, 6.07) is 1.15. The number of rotatable bonds is 0. The van der Waals surface area contributed by atoms with Crippen LogP contribution in [0, 0.1) is 11.8 Å². The first-order valence-corrected chi connectivity index (χ1v) is 7.10. The normalized spacial score (nSPS) is 41.2. The van der Waals surface area contributed by atoms with Crippen molar-refractivity contribution in [3.05, 3.63) is 23.4 Å². The summed E-state index contributed by atoms with van der Waals surface area (Å²) in [4.78, 5) is 0. The van der Waals surface area contributed by atoms with Gasteiger partial charge in [-0.3, -0.25) is 4.42 Å². The van der Waals surface area contributed by atoms with Gasteiger partial charge in [-0.25, -0.2) is 0 Å². The Labute approximate surface area is 109 Å². The van der Waals surface area contributed by atoms with Crippen molar-refractivity contribution in [2.24, 2.45) is 11.8 Å². The zero-order valence-corrected chi connectivity index (χ0v) is 11.4. The van der Waals surface area contributed by atoms with Gasteiger partial charge in [0.2, 0.25) is 0 Å². The molecule has 2 aliphatic heterocycles. The second-order valence-corrected chi connectivity index (χ2v) is 6.27. The van der Waals surface area contributed by atoms with E-state index in [-0.39, 0.29) is 0 Å². The average molecular weight is 253 g/mol. The topological polar surface area (TPSA) is 15.3 Å².